The summed E-state index contributed by atoms with van der Waals surface area (Å²) in [5.41, 5.74) is -0.426. The van der Waals surface area contributed by atoms with Crippen LogP contribution in [0.5, 0.6) is 0 Å². The standard InChI is InChI=1S/C19H30N4O4/c1-26-13-16-20-17(27-21-16)12-22-10-2-8-19(22)9-3-11-23(18(19)25)14-4-6-15(24)7-5-14/h14-15,24H,2-13H2,1H3. The van der Waals surface area contributed by atoms with Crippen LogP contribution >= 0.6 is 0 Å². The number of hydrogen-bond donors (Lipinski definition) is 1. The number of aromatic nitrogens is 2. The number of piperidine rings is 1. The van der Waals surface area contributed by atoms with Gasteiger partial charge < -0.3 is 19.3 Å². The SMILES string of the molecule is COCc1noc(CN2CCCC23CCCN(C2CCC(O)CC2)C3=O)n1. The third-order valence-electron chi connectivity index (χ3n) is 6.49. The summed E-state index contributed by atoms with van der Waals surface area (Å²) in [6.07, 6.45) is 7.07. The summed E-state index contributed by atoms with van der Waals surface area (Å²) in [4.78, 5) is 22.3. The molecule has 3 fully saturated rings. The molecule has 1 atom stereocenters. The van der Waals surface area contributed by atoms with Crippen LogP contribution in [0.3, 0.4) is 0 Å². The normalized spacial score (nSPS) is 32.5. The number of methoxy groups -OCH3 is 1. The Morgan fingerprint density at radius 1 is 1.22 bits per heavy atom. The molecule has 0 aromatic carbocycles. The maximum absolute atomic E-state index is 13.6. The maximum Gasteiger partial charge on any atom is 0.243 e. The number of hydrogen-bond acceptors (Lipinski definition) is 7. The minimum absolute atomic E-state index is 0.197. The summed E-state index contributed by atoms with van der Waals surface area (Å²) in [5.74, 6) is 1.36. The zero-order valence-corrected chi connectivity index (χ0v) is 16.1. The van der Waals surface area contributed by atoms with Crippen LogP contribution in [0.2, 0.25) is 0 Å². The Labute approximate surface area is 159 Å². The highest BCUT2D eigenvalue weighted by Crippen LogP contribution is 2.41. The van der Waals surface area contributed by atoms with Gasteiger partial charge in [-0.3, -0.25) is 9.69 Å². The monoisotopic (exact) mass is 378 g/mol. The topological polar surface area (TPSA) is 91.9 Å². The average Bonchev–Trinajstić information content (AvgIpc) is 3.27. The quantitative estimate of drug-likeness (QED) is 0.829. The fourth-order valence-electron chi connectivity index (χ4n) is 5.13. The zero-order chi connectivity index (χ0) is 18.9. The molecular weight excluding hydrogens is 348 g/mol. The van der Waals surface area contributed by atoms with Crippen molar-refractivity contribution in [1.29, 1.82) is 0 Å². The first-order valence-corrected chi connectivity index (χ1v) is 10.2. The smallest absolute Gasteiger partial charge is 0.243 e. The van der Waals surface area contributed by atoms with E-state index < -0.39 is 5.54 Å². The van der Waals surface area contributed by atoms with Gasteiger partial charge in [-0.1, -0.05) is 5.16 Å². The Kier molecular flexibility index (Phi) is 5.48. The van der Waals surface area contributed by atoms with Crippen molar-refractivity contribution in [2.75, 3.05) is 20.2 Å². The molecule has 1 unspecified atom stereocenters. The van der Waals surface area contributed by atoms with E-state index in [1.54, 1.807) is 7.11 Å². The van der Waals surface area contributed by atoms with Crippen molar-refractivity contribution < 1.29 is 19.2 Å². The van der Waals surface area contributed by atoms with Crippen molar-refractivity contribution in [3.05, 3.63) is 11.7 Å². The minimum Gasteiger partial charge on any atom is -0.393 e. The van der Waals surface area contributed by atoms with Crippen LogP contribution in [-0.4, -0.2) is 68.8 Å². The summed E-state index contributed by atoms with van der Waals surface area (Å²) in [6.45, 7) is 2.56. The highest BCUT2D eigenvalue weighted by molar-refractivity contribution is 5.87. The highest BCUT2D eigenvalue weighted by atomic mass is 16.5. The summed E-state index contributed by atoms with van der Waals surface area (Å²) >= 11 is 0. The van der Waals surface area contributed by atoms with Gasteiger partial charge in [0.05, 0.1) is 12.6 Å². The lowest BCUT2D eigenvalue weighted by Gasteiger charge is -2.48. The Bertz CT molecular complexity index is 658. The molecule has 1 amide bonds. The second-order valence-electron chi connectivity index (χ2n) is 8.16. The van der Waals surface area contributed by atoms with Crippen LogP contribution in [0.15, 0.2) is 4.52 Å². The van der Waals surface area contributed by atoms with Gasteiger partial charge in [0, 0.05) is 19.7 Å². The third kappa shape index (κ3) is 3.62. The predicted molar refractivity (Wildman–Crippen MR) is 96.6 cm³/mol. The van der Waals surface area contributed by atoms with E-state index in [-0.39, 0.29) is 18.1 Å². The van der Waals surface area contributed by atoms with E-state index in [1.807, 2.05) is 0 Å². The molecule has 2 aliphatic heterocycles. The molecule has 1 saturated carbocycles. The first kappa shape index (κ1) is 18.8. The number of amides is 1. The lowest BCUT2D eigenvalue weighted by atomic mass is 9.82. The predicted octanol–water partition coefficient (Wildman–Crippen LogP) is 1.48. The fraction of sp³-hybridized carbons (Fsp3) is 0.842. The van der Waals surface area contributed by atoms with Crippen LogP contribution in [-0.2, 0) is 22.7 Å². The number of aliphatic hydroxyl groups excluding tert-OH is 1. The largest absolute Gasteiger partial charge is 0.393 e. The molecule has 8 nitrogen and oxygen atoms in total. The minimum atomic E-state index is -0.426. The second kappa shape index (κ2) is 7.85. The van der Waals surface area contributed by atoms with Gasteiger partial charge in [-0.25, -0.2) is 0 Å². The van der Waals surface area contributed by atoms with E-state index in [9.17, 15) is 9.90 Å². The molecule has 150 valence electrons. The van der Waals surface area contributed by atoms with Gasteiger partial charge >= 0.3 is 0 Å². The Balaban J connectivity index is 1.48. The summed E-state index contributed by atoms with van der Waals surface area (Å²) in [7, 11) is 1.60. The molecule has 4 rings (SSSR count). The molecule has 1 aromatic heterocycles. The maximum atomic E-state index is 13.6. The molecular formula is C19H30N4O4. The van der Waals surface area contributed by atoms with Crippen molar-refractivity contribution in [3.8, 4) is 0 Å². The van der Waals surface area contributed by atoms with Crippen LogP contribution in [0.4, 0.5) is 0 Å². The van der Waals surface area contributed by atoms with Gasteiger partial charge in [-0.2, -0.15) is 4.98 Å². The van der Waals surface area contributed by atoms with E-state index in [0.717, 1.165) is 64.5 Å². The average molecular weight is 378 g/mol. The fourth-order valence-corrected chi connectivity index (χ4v) is 5.13. The zero-order valence-electron chi connectivity index (χ0n) is 16.1. The van der Waals surface area contributed by atoms with Gasteiger partial charge in [0.15, 0.2) is 5.82 Å². The van der Waals surface area contributed by atoms with Crippen LogP contribution in [0, 0.1) is 0 Å². The molecule has 0 radical (unpaired) electrons. The number of carbonyl (C=O) groups excluding carboxylic acids is 1. The lowest BCUT2D eigenvalue weighted by molar-refractivity contribution is -0.152. The number of likely N-dealkylation sites (tertiary alicyclic amines) is 2. The number of nitrogens with zero attached hydrogens (tertiary/aromatic N) is 4. The number of aliphatic hydroxyl groups is 1. The van der Waals surface area contributed by atoms with Crippen molar-refractivity contribution in [2.45, 2.75) is 82.2 Å². The van der Waals surface area contributed by atoms with E-state index in [2.05, 4.69) is 19.9 Å². The van der Waals surface area contributed by atoms with Crippen molar-refractivity contribution >= 4 is 5.91 Å². The van der Waals surface area contributed by atoms with E-state index in [1.165, 1.54) is 0 Å². The number of ether oxygens (including phenoxy) is 1. The lowest BCUT2D eigenvalue weighted by Crippen LogP contribution is -2.62. The molecule has 0 bridgehead atoms. The van der Waals surface area contributed by atoms with Crippen molar-refractivity contribution in [2.24, 2.45) is 0 Å². The number of carbonyl (C=O) groups is 1. The Morgan fingerprint density at radius 3 is 2.70 bits per heavy atom. The van der Waals surface area contributed by atoms with E-state index >= 15 is 0 Å². The van der Waals surface area contributed by atoms with Crippen molar-refractivity contribution in [3.63, 3.8) is 0 Å². The second-order valence-corrected chi connectivity index (χ2v) is 8.16. The molecule has 1 spiro atoms. The molecule has 2 saturated heterocycles. The van der Waals surface area contributed by atoms with Crippen LogP contribution in [0.1, 0.15) is 63.1 Å². The summed E-state index contributed by atoms with van der Waals surface area (Å²) < 4.78 is 10.4. The van der Waals surface area contributed by atoms with Crippen LogP contribution in [0.25, 0.3) is 0 Å². The third-order valence-corrected chi connectivity index (χ3v) is 6.49. The molecule has 1 aliphatic carbocycles. The summed E-state index contributed by atoms with van der Waals surface area (Å²) in [6, 6.07) is 0.275. The van der Waals surface area contributed by atoms with Gasteiger partial charge in [-0.15, -0.1) is 0 Å². The van der Waals surface area contributed by atoms with Gasteiger partial charge in [-0.05, 0) is 57.9 Å². The van der Waals surface area contributed by atoms with Crippen LogP contribution < -0.4 is 0 Å². The van der Waals surface area contributed by atoms with Gasteiger partial charge in [0.2, 0.25) is 11.8 Å². The van der Waals surface area contributed by atoms with E-state index in [4.69, 9.17) is 9.26 Å². The molecule has 3 heterocycles. The molecule has 8 heteroatoms. The van der Waals surface area contributed by atoms with Crippen molar-refractivity contribution in [1.82, 2.24) is 19.9 Å². The van der Waals surface area contributed by atoms with E-state index in [0.29, 0.717) is 24.9 Å². The first-order chi connectivity index (χ1) is 13.1. The molecule has 1 N–H and O–H groups in total. The Morgan fingerprint density at radius 2 is 1.96 bits per heavy atom. The molecule has 27 heavy (non-hydrogen) atoms. The van der Waals surface area contributed by atoms with Gasteiger partial charge in [0.1, 0.15) is 12.1 Å². The molecule has 1 aromatic rings. The molecule has 3 aliphatic rings. The van der Waals surface area contributed by atoms with Gasteiger partial charge in [0.25, 0.3) is 0 Å². The number of rotatable bonds is 5. The Hall–Kier alpha value is -1.51. The first-order valence-electron chi connectivity index (χ1n) is 10.2. The summed E-state index contributed by atoms with van der Waals surface area (Å²) in [5, 5.41) is 13.7. The highest BCUT2D eigenvalue weighted by Gasteiger charge is 2.52.